The third-order valence-corrected chi connectivity index (χ3v) is 1.81. The van der Waals surface area contributed by atoms with Gasteiger partial charge >= 0.3 is 0 Å². The molecular weight excluding hydrogens is 192 g/mol. The molecular formula is C11H14N2O2. The van der Waals surface area contributed by atoms with Crippen LogP contribution in [0.4, 0.5) is 5.69 Å². The largest absolute Gasteiger partial charge is 0.350 e. The average Bonchev–Trinajstić information content (AvgIpc) is 2.18. The number of benzene rings is 1. The Morgan fingerprint density at radius 2 is 2.00 bits per heavy atom. The number of carbonyl (C=O) groups excluding carboxylic acids is 2. The van der Waals surface area contributed by atoms with Crippen molar-refractivity contribution in [1.82, 2.24) is 5.32 Å². The lowest BCUT2D eigenvalue weighted by molar-refractivity contribution is -0.105. The van der Waals surface area contributed by atoms with E-state index in [2.05, 4.69) is 10.6 Å². The SMILES string of the molecule is CC(C)NC(=O)c1ccccc1NC=O. The molecule has 0 saturated carbocycles. The third-order valence-electron chi connectivity index (χ3n) is 1.81. The fraction of sp³-hybridized carbons (Fsp3) is 0.273. The first-order chi connectivity index (χ1) is 7.15. The Balaban J connectivity index is 2.91. The molecule has 4 nitrogen and oxygen atoms in total. The van der Waals surface area contributed by atoms with E-state index in [0.29, 0.717) is 17.7 Å². The fourth-order valence-electron chi connectivity index (χ4n) is 1.21. The maximum Gasteiger partial charge on any atom is 0.253 e. The van der Waals surface area contributed by atoms with Gasteiger partial charge in [-0.2, -0.15) is 0 Å². The minimum Gasteiger partial charge on any atom is -0.350 e. The Labute approximate surface area is 88.7 Å². The minimum absolute atomic E-state index is 0.0711. The highest BCUT2D eigenvalue weighted by atomic mass is 16.2. The van der Waals surface area contributed by atoms with E-state index in [1.165, 1.54) is 0 Å². The monoisotopic (exact) mass is 206 g/mol. The van der Waals surface area contributed by atoms with E-state index in [1.807, 2.05) is 13.8 Å². The average molecular weight is 206 g/mol. The molecule has 80 valence electrons. The van der Waals surface area contributed by atoms with Crippen molar-refractivity contribution in [1.29, 1.82) is 0 Å². The van der Waals surface area contributed by atoms with Crippen LogP contribution in [0.3, 0.4) is 0 Å². The summed E-state index contributed by atoms with van der Waals surface area (Å²) in [4.78, 5) is 22.0. The van der Waals surface area contributed by atoms with Gasteiger partial charge < -0.3 is 10.6 Å². The molecule has 15 heavy (non-hydrogen) atoms. The lowest BCUT2D eigenvalue weighted by atomic mass is 10.1. The van der Waals surface area contributed by atoms with Gasteiger partial charge in [0.15, 0.2) is 0 Å². The van der Waals surface area contributed by atoms with Crippen LogP contribution in [0, 0.1) is 0 Å². The molecule has 0 radical (unpaired) electrons. The first-order valence-electron chi connectivity index (χ1n) is 4.75. The summed E-state index contributed by atoms with van der Waals surface area (Å²) in [6, 6.07) is 6.94. The number of para-hydroxylation sites is 1. The molecule has 1 aromatic rings. The molecule has 0 heterocycles. The number of anilines is 1. The predicted octanol–water partition coefficient (Wildman–Crippen LogP) is 1.39. The van der Waals surface area contributed by atoms with Gasteiger partial charge in [-0.05, 0) is 26.0 Å². The first-order valence-corrected chi connectivity index (χ1v) is 4.75. The molecule has 0 bridgehead atoms. The van der Waals surface area contributed by atoms with E-state index >= 15 is 0 Å². The van der Waals surface area contributed by atoms with E-state index in [4.69, 9.17) is 0 Å². The van der Waals surface area contributed by atoms with Crippen LogP contribution in [0.25, 0.3) is 0 Å². The molecule has 0 aromatic heterocycles. The van der Waals surface area contributed by atoms with Crippen LogP contribution >= 0.6 is 0 Å². The maximum atomic E-state index is 11.7. The number of rotatable bonds is 4. The van der Waals surface area contributed by atoms with Crippen LogP contribution in [-0.4, -0.2) is 18.4 Å². The van der Waals surface area contributed by atoms with E-state index < -0.39 is 0 Å². The van der Waals surface area contributed by atoms with Crippen molar-refractivity contribution in [2.45, 2.75) is 19.9 Å². The van der Waals surface area contributed by atoms with Gasteiger partial charge in [0, 0.05) is 6.04 Å². The molecule has 0 atom stereocenters. The molecule has 0 aliphatic heterocycles. The zero-order valence-electron chi connectivity index (χ0n) is 8.78. The van der Waals surface area contributed by atoms with Gasteiger partial charge in [-0.3, -0.25) is 9.59 Å². The van der Waals surface area contributed by atoms with Crippen molar-refractivity contribution in [3.63, 3.8) is 0 Å². The molecule has 0 spiro atoms. The fourth-order valence-corrected chi connectivity index (χ4v) is 1.21. The van der Waals surface area contributed by atoms with Crippen molar-refractivity contribution in [2.24, 2.45) is 0 Å². The standard InChI is InChI=1S/C11H14N2O2/c1-8(2)13-11(15)9-5-3-4-6-10(9)12-7-14/h3-8H,1-2H3,(H,12,14)(H,13,15). The maximum absolute atomic E-state index is 11.7. The Bertz CT molecular complexity index is 361. The topological polar surface area (TPSA) is 58.2 Å². The Morgan fingerprint density at radius 1 is 1.33 bits per heavy atom. The lowest BCUT2D eigenvalue weighted by Gasteiger charge is -2.11. The van der Waals surface area contributed by atoms with Gasteiger partial charge in [0.1, 0.15) is 0 Å². The summed E-state index contributed by atoms with van der Waals surface area (Å²) in [5.41, 5.74) is 0.990. The number of nitrogens with one attached hydrogen (secondary N) is 2. The number of amides is 2. The van der Waals surface area contributed by atoms with Gasteiger partial charge in [-0.15, -0.1) is 0 Å². The molecule has 2 amide bonds. The van der Waals surface area contributed by atoms with Gasteiger partial charge in [0.05, 0.1) is 11.3 Å². The molecule has 0 unspecified atom stereocenters. The first kappa shape index (κ1) is 11.2. The molecule has 0 aliphatic rings. The van der Waals surface area contributed by atoms with E-state index in [0.717, 1.165) is 0 Å². The van der Waals surface area contributed by atoms with Gasteiger partial charge in [0.2, 0.25) is 6.41 Å². The van der Waals surface area contributed by atoms with Crippen LogP contribution in [-0.2, 0) is 4.79 Å². The van der Waals surface area contributed by atoms with Crippen molar-refractivity contribution >= 4 is 18.0 Å². The van der Waals surface area contributed by atoms with Crippen molar-refractivity contribution < 1.29 is 9.59 Å². The van der Waals surface area contributed by atoms with E-state index in [9.17, 15) is 9.59 Å². The lowest BCUT2D eigenvalue weighted by Crippen LogP contribution is -2.30. The van der Waals surface area contributed by atoms with Gasteiger partial charge in [-0.1, -0.05) is 12.1 Å². The summed E-state index contributed by atoms with van der Waals surface area (Å²) in [7, 11) is 0. The predicted molar refractivity (Wildman–Crippen MR) is 58.7 cm³/mol. The van der Waals surface area contributed by atoms with Gasteiger partial charge in [-0.25, -0.2) is 0 Å². The molecule has 0 saturated heterocycles. The summed E-state index contributed by atoms with van der Waals surface area (Å²) in [6.45, 7) is 3.77. The Morgan fingerprint density at radius 3 is 2.60 bits per heavy atom. The summed E-state index contributed by atoms with van der Waals surface area (Å²) in [5, 5.41) is 5.25. The summed E-state index contributed by atoms with van der Waals surface area (Å²) in [5.74, 6) is -0.185. The number of hydrogen-bond donors (Lipinski definition) is 2. The second kappa shape index (κ2) is 5.14. The second-order valence-corrected chi connectivity index (χ2v) is 3.44. The highest BCUT2D eigenvalue weighted by Crippen LogP contribution is 2.13. The Hall–Kier alpha value is -1.84. The zero-order valence-corrected chi connectivity index (χ0v) is 8.78. The van der Waals surface area contributed by atoms with Crippen molar-refractivity contribution in [2.75, 3.05) is 5.32 Å². The summed E-state index contributed by atoms with van der Waals surface area (Å²) >= 11 is 0. The van der Waals surface area contributed by atoms with Crippen molar-refractivity contribution in [3.05, 3.63) is 29.8 Å². The Kier molecular flexibility index (Phi) is 3.85. The van der Waals surface area contributed by atoms with Gasteiger partial charge in [0.25, 0.3) is 5.91 Å². The molecule has 4 heteroatoms. The second-order valence-electron chi connectivity index (χ2n) is 3.44. The number of carbonyl (C=O) groups is 2. The van der Waals surface area contributed by atoms with Crippen LogP contribution in [0.15, 0.2) is 24.3 Å². The minimum atomic E-state index is -0.185. The molecule has 1 rings (SSSR count). The molecule has 0 aliphatic carbocycles. The number of hydrogen-bond acceptors (Lipinski definition) is 2. The van der Waals surface area contributed by atoms with Crippen LogP contribution in [0.5, 0.6) is 0 Å². The summed E-state index contributed by atoms with van der Waals surface area (Å²) in [6.07, 6.45) is 0.557. The smallest absolute Gasteiger partial charge is 0.253 e. The highest BCUT2D eigenvalue weighted by Gasteiger charge is 2.10. The third kappa shape index (κ3) is 3.09. The summed E-state index contributed by atoms with van der Waals surface area (Å²) < 4.78 is 0. The molecule has 2 N–H and O–H groups in total. The normalized spacial score (nSPS) is 9.80. The molecule has 1 aromatic carbocycles. The van der Waals surface area contributed by atoms with Crippen molar-refractivity contribution in [3.8, 4) is 0 Å². The van der Waals surface area contributed by atoms with E-state index in [-0.39, 0.29) is 11.9 Å². The molecule has 0 fully saturated rings. The highest BCUT2D eigenvalue weighted by molar-refractivity contribution is 6.01. The van der Waals surface area contributed by atoms with E-state index in [1.54, 1.807) is 24.3 Å². The van der Waals surface area contributed by atoms with Crippen LogP contribution in [0.2, 0.25) is 0 Å². The quantitative estimate of drug-likeness (QED) is 0.731. The zero-order chi connectivity index (χ0) is 11.3. The van der Waals surface area contributed by atoms with Crippen LogP contribution < -0.4 is 10.6 Å². The van der Waals surface area contributed by atoms with Crippen LogP contribution in [0.1, 0.15) is 24.2 Å².